The Balaban J connectivity index is 1.98. The molecule has 4 nitrogen and oxygen atoms in total. The third-order valence-electron chi connectivity index (χ3n) is 2.92. The second-order valence-electron chi connectivity index (χ2n) is 4.51. The molecule has 104 valence electrons. The van der Waals surface area contributed by atoms with Crippen LogP contribution in [0.15, 0.2) is 41.1 Å². The highest BCUT2D eigenvalue weighted by Gasteiger charge is 2.10. The van der Waals surface area contributed by atoms with Gasteiger partial charge in [0.1, 0.15) is 0 Å². The van der Waals surface area contributed by atoms with Gasteiger partial charge in [-0.05, 0) is 48.4 Å². The van der Waals surface area contributed by atoms with Crippen LogP contribution in [0.2, 0.25) is 0 Å². The fourth-order valence-electron chi connectivity index (χ4n) is 1.78. The van der Waals surface area contributed by atoms with Gasteiger partial charge in [0.2, 0.25) is 0 Å². The van der Waals surface area contributed by atoms with Crippen LogP contribution in [0, 0.1) is 0 Å². The number of ketones is 1. The molecule has 0 fully saturated rings. The molecular formula is C15H16N2O2S. The first-order valence-electron chi connectivity index (χ1n) is 6.27. The maximum atomic E-state index is 11.9. The summed E-state index contributed by atoms with van der Waals surface area (Å²) in [5.74, 6) is -0.0271. The molecule has 20 heavy (non-hydrogen) atoms. The molecule has 1 unspecified atom stereocenters. The summed E-state index contributed by atoms with van der Waals surface area (Å²) in [7, 11) is 0. The molecule has 0 aliphatic heterocycles. The number of thiophene rings is 1. The van der Waals surface area contributed by atoms with Gasteiger partial charge in [-0.1, -0.05) is 12.1 Å². The molecule has 0 bridgehead atoms. The van der Waals surface area contributed by atoms with Gasteiger partial charge in [-0.3, -0.25) is 4.79 Å². The SMILES string of the molecule is CC(=O)c1cccc(NC(=O)NC(C)c2ccsc2)c1. The number of benzene rings is 1. The lowest BCUT2D eigenvalue weighted by atomic mass is 10.1. The Bertz CT molecular complexity index is 608. The number of Topliss-reactive ketones (excluding diaryl/α,β-unsaturated/α-hetero) is 1. The highest BCUT2D eigenvalue weighted by molar-refractivity contribution is 7.07. The average Bonchev–Trinajstić information content (AvgIpc) is 2.92. The molecule has 1 aromatic carbocycles. The quantitative estimate of drug-likeness (QED) is 0.840. The molecular weight excluding hydrogens is 272 g/mol. The second-order valence-corrected chi connectivity index (χ2v) is 5.29. The third-order valence-corrected chi connectivity index (χ3v) is 3.62. The van der Waals surface area contributed by atoms with E-state index in [4.69, 9.17) is 0 Å². The Morgan fingerprint density at radius 3 is 2.70 bits per heavy atom. The normalized spacial score (nSPS) is 11.7. The summed E-state index contributed by atoms with van der Waals surface area (Å²) in [6.07, 6.45) is 0. The van der Waals surface area contributed by atoms with Crippen molar-refractivity contribution in [2.45, 2.75) is 19.9 Å². The predicted octanol–water partition coefficient (Wildman–Crippen LogP) is 3.83. The molecule has 1 aromatic heterocycles. The minimum Gasteiger partial charge on any atom is -0.331 e. The summed E-state index contributed by atoms with van der Waals surface area (Å²) in [5, 5.41) is 9.56. The van der Waals surface area contributed by atoms with E-state index in [1.165, 1.54) is 6.92 Å². The number of nitrogens with one attached hydrogen (secondary N) is 2. The van der Waals surface area contributed by atoms with E-state index in [-0.39, 0.29) is 17.9 Å². The van der Waals surface area contributed by atoms with Crippen molar-refractivity contribution in [3.05, 3.63) is 52.2 Å². The first-order chi connectivity index (χ1) is 9.56. The highest BCUT2D eigenvalue weighted by atomic mass is 32.1. The van der Waals surface area contributed by atoms with Crippen molar-refractivity contribution < 1.29 is 9.59 Å². The van der Waals surface area contributed by atoms with Crippen molar-refractivity contribution in [3.63, 3.8) is 0 Å². The Morgan fingerprint density at radius 1 is 1.25 bits per heavy atom. The molecule has 2 N–H and O–H groups in total. The van der Waals surface area contributed by atoms with Gasteiger partial charge in [0.15, 0.2) is 5.78 Å². The van der Waals surface area contributed by atoms with Gasteiger partial charge < -0.3 is 10.6 Å². The van der Waals surface area contributed by atoms with Gasteiger partial charge in [0, 0.05) is 11.3 Å². The lowest BCUT2D eigenvalue weighted by molar-refractivity contribution is 0.101. The van der Waals surface area contributed by atoms with Crippen molar-refractivity contribution in [1.82, 2.24) is 5.32 Å². The van der Waals surface area contributed by atoms with Crippen LogP contribution in [0.5, 0.6) is 0 Å². The zero-order valence-corrected chi connectivity index (χ0v) is 12.2. The van der Waals surface area contributed by atoms with Gasteiger partial charge >= 0.3 is 6.03 Å². The van der Waals surface area contributed by atoms with Crippen LogP contribution in [0.1, 0.15) is 35.8 Å². The number of hydrogen-bond acceptors (Lipinski definition) is 3. The molecule has 0 radical (unpaired) electrons. The zero-order valence-electron chi connectivity index (χ0n) is 11.3. The predicted molar refractivity (Wildman–Crippen MR) is 81.3 cm³/mol. The maximum Gasteiger partial charge on any atom is 0.319 e. The smallest absolute Gasteiger partial charge is 0.319 e. The topological polar surface area (TPSA) is 58.2 Å². The fourth-order valence-corrected chi connectivity index (χ4v) is 2.54. The first kappa shape index (κ1) is 14.3. The number of rotatable bonds is 4. The Labute approximate surface area is 121 Å². The van der Waals surface area contributed by atoms with Gasteiger partial charge in [-0.15, -0.1) is 0 Å². The average molecular weight is 288 g/mol. The highest BCUT2D eigenvalue weighted by Crippen LogP contribution is 2.16. The zero-order chi connectivity index (χ0) is 14.5. The second kappa shape index (κ2) is 6.34. The number of carbonyl (C=O) groups is 2. The summed E-state index contributed by atoms with van der Waals surface area (Å²) in [4.78, 5) is 23.2. The summed E-state index contributed by atoms with van der Waals surface area (Å²) in [6, 6.07) is 8.51. The minimum absolute atomic E-state index is 0.0271. The van der Waals surface area contributed by atoms with Crippen molar-refractivity contribution in [2.75, 3.05) is 5.32 Å². The van der Waals surface area contributed by atoms with Gasteiger partial charge in [-0.25, -0.2) is 4.79 Å². The number of anilines is 1. The number of hydrogen-bond donors (Lipinski definition) is 2. The fraction of sp³-hybridized carbons (Fsp3) is 0.200. The number of urea groups is 1. The molecule has 2 rings (SSSR count). The van der Waals surface area contributed by atoms with Crippen molar-refractivity contribution in [3.8, 4) is 0 Å². The Hall–Kier alpha value is -2.14. The van der Waals surface area contributed by atoms with Crippen LogP contribution in [-0.4, -0.2) is 11.8 Å². The summed E-state index contributed by atoms with van der Waals surface area (Å²) in [6.45, 7) is 3.42. The molecule has 0 aliphatic carbocycles. The lowest BCUT2D eigenvalue weighted by Crippen LogP contribution is -2.30. The van der Waals surface area contributed by atoms with Crippen LogP contribution in [0.3, 0.4) is 0 Å². The van der Waals surface area contributed by atoms with Crippen LogP contribution < -0.4 is 10.6 Å². The summed E-state index contributed by atoms with van der Waals surface area (Å²) in [5.41, 5.74) is 2.25. The molecule has 2 aromatic rings. The van der Waals surface area contributed by atoms with Gasteiger partial charge in [0.25, 0.3) is 0 Å². The van der Waals surface area contributed by atoms with E-state index in [9.17, 15) is 9.59 Å². The van der Waals surface area contributed by atoms with Gasteiger partial charge in [-0.2, -0.15) is 11.3 Å². The molecule has 1 atom stereocenters. The largest absolute Gasteiger partial charge is 0.331 e. The third kappa shape index (κ3) is 3.68. The Morgan fingerprint density at radius 2 is 2.05 bits per heavy atom. The van der Waals surface area contributed by atoms with E-state index in [2.05, 4.69) is 10.6 Å². The van der Waals surface area contributed by atoms with Crippen LogP contribution in [0.4, 0.5) is 10.5 Å². The van der Waals surface area contributed by atoms with Crippen molar-refractivity contribution in [2.24, 2.45) is 0 Å². The summed E-state index contributed by atoms with van der Waals surface area (Å²) < 4.78 is 0. The molecule has 0 spiro atoms. The molecule has 2 amide bonds. The van der Waals surface area contributed by atoms with E-state index in [1.807, 2.05) is 23.8 Å². The van der Waals surface area contributed by atoms with Gasteiger partial charge in [0.05, 0.1) is 6.04 Å². The van der Waals surface area contributed by atoms with Crippen LogP contribution in [0.25, 0.3) is 0 Å². The molecule has 1 heterocycles. The number of carbonyl (C=O) groups excluding carboxylic acids is 2. The van der Waals surface area contributed by atoms with Crippen LogP contribution in [-0.2, 0) is 0 Å². The van der Waals surface area contributed by atoms with E-state index in [0.29, 0.717) is 11.3 Å². The molecule has 0 saturated heterocycles. The van der Waals surface area contributed by atoms with E-state index in [1.54, 1.807) is 35.6 Å². The lowest BCUT2D eigenvalue weighted by Gasteiger charge is -2.13. The molecule has 0 saturated carbocycles. The Kier molecular flexibility index (Phi) is 4.53. The number of amides is 2. The van der Waals surface area contributed by atoms with Crippen LogP contribution >= 0.6 is 11.3 Å². The van der Waals surface area contributed by atoms with Crippen molar-refractivity contribution in [1.29, 1.82) is 0 Å². The molecule has 5 heteroatoms. The minimum atomic E-state index is -0.288. The standard InChI is InChI=1S/C15H16N2O2S/c1-10(13-6-7-20-9-13)16-15(19)17-14-5-3-4-12(8-14)11(2)18/h3-10H,1-2H3,(H2,16,17,19). The first-order valence-corrected chi connectivity index (χ1v) is 7.21. The monoisotopic (exact) mass is 288 g/mol. The van der Waals surface area contributed by atoms with E-state index < -0.39 is 0 Å². The summed E-state index contributed by atoms with van der Waals surface area (Å²) >= 11 is 1.59. The van der Waals surface area contributed by atoms with Crippen molar-refractivity contribution >= 4 is 28.8 Å². The molecule has 0 aliphatic rings. The maximum absolute atomic E-state index is 11.9. The van der Waals surface area contributed by atoms with E-state index >= 15 is 0 Å². The van der Waals surface area contributed by atoms with E-state index in [0.717, 1.165) is 5.56 Å².